The third kappa shape index (κ3) is 2.66. The van der Waals surface area contributed by atoms with Gasteiger partial charge in [0.05, 0.1) is 12.6 Å². The quantitative estimate of drug-likeness (QED) is 0.852. The second-order valence-electron chi connectivity index (χ2n) is 4.57. The zero-order valence-corrected chi connectivity index (χ0v) is 10.2. The highest BCUT2D eigenvalue weighted by molar-refractivity contribution is 5.91. The summed E-state index contributed by atoms with van der Waals surface area (Å²) in [5.41, 5.74) is 0.466. The Bertz CT molecular complexity index is 383. The number of hydrogen-bond acceptors (Lipinski definition) is 3. The molecule has 0 atom stereocenters. The number of carbonyl (C=O) groups is 1. The van der Waals surface area contributed by atoms with E-state index in [1.54, 1.807) is 13.1 Å². The lowest BCUT2D eigenvalue weighted by Gasteiger charge is -2.14. The van der Waals surface area contributed by atoms with Crippen molar-refractivity contribution in [2.24, 2.45) is 0 Å². The molecule has 1 N–H and O–H groups in total. The molecule has 1 aliphatic carbocycles. The molecule has 1 aromatic rings. The number of aromatic nitrogens is 2. The Labute approximate surface area is 101 Å². The summed E-state index contributed by atoms with van der Waals surface area (Å²) in [6.45, 7) is 0.320. The van der Waals surface area contributed by atoms with Gasteiger partial charge in [0.2, 0.25) is 0 Å². The number of carbonyl (C=O) groups excluding carboxylic acids is 1. The summed E-state index contributed by atoms with van der Waals surface area (Å²) in [5, 5.41) is 13.1. The van der Waals surface area contributed by atoms with Crippen molar-refractivity contribution >= 4 is 5.91 Å². The minimum absolute atomic E-state index is 0.0222. The molecule has 2 rings (SSSR count). The van der Waals surface area contributed by atoms with Crippen LogP contribution in [0.1, 0.15) is 42.2 Å². The highest BCUT2D eigenvalue weighted by atomic mass is 16.3. The first-order valence-electron chi connectivity index (χ1n) is 6.14. The largest absolute Gasteiger partial charge is 0.395 e. The average molecular weight is 237 g/mol. The molecule has 1 saturated carbocycles. The van der Waals surface area contributed by atoms with Crippen molar-refractivity contribution in [3.05, 3.63) is 18.0 Å². The van der Waals surface area contributed by atoms with E-state index in [9.17, 15) is 4.79 Å². The molecule has 1 amide bonds. The third-order valence-electron chi connectivity index (χ3n) is 3.31. The van der Waals surface area contributed by atoms with Crippen LogP contribution in [0.4, 0.5) is 0 Å². The molecule has 0 aliphatic heterocycles. The standard InChI is InChI=1S/C12H19N3O2/c1-14(8-9-16)12(17)11-6-7-15(13-11)10-4-2-3-5-10/h6-7,10,16H,2-5,8-9H2,1H3. The predicted molar refractivity (Wildman–Crippen MR) is 63.8 cm³/mol. The van der Waals surface area contributed by atoms with Gasteiger partial charge in [-0.2, -0.15) is 5.10 Å². The van der Waals surface area contributed by atoms with Gasteiger partial charge in [-0.05, 0) is 18.9 Å². The van der Waals surface area contributed by atoms with E-state index in [2.05, 4.69) is 5.10 Å². The maximum Gasteiger partial charge on any atom is 0.274 e. The van der Waals surface area contributed by atoms with Crippen LogP contribution in [0.5, 0.6) is 0 Å². The van der Waals surface area contributed by atoms with Crippen LogP contribution in [-0.4, -0.2) is 45.9 Å². The van der Waals surface area contributed by atoms with E-state index in [0.717, 1.165) is 12.8 Å². The summed E-state index contributed by atoms with van der Waals surface area (Å²) in [6.07, 6.45) is 6.69. The fraction of sp³-hybridized carbons (Fsp3) is 0.667. The Balaban J connectivity index is 2.04. The van der Waals surface area contributed by atoms with E-state index >= 15 is 0 Å². The number of nitrogens with zero attached hydrogens (tertiary/aromatic N) is 3. The van der Waals surface area contributed by atoms with Crippen LogP contribution in [0, 0.1) is 0 Å². The molecular formula is C12H19N3O2. The molecule has 0 radical (unpaired) electrons. The lowest BCUT2D eigenvalue weighted by Crippen LogP contribution is -2.30. The Kier molecular flexibility index (Phi) is 3.78. The van der Waals surface area contributed by atoms with E-state index in [1.165, 1.54) is 17.7 Å². The smallest absolute Gasteiger partial charge is 0.274 e. The molecule has 0 spiro atoms. The van der Waals surface area contributed by atoms with Crippen LogP contribution in [-0.2, 0) is 0 Å². The van der Waals surface area contributed by atoms with E-state index in [1.807, 2.05) is 10.9 Å². The number of rotatable bonds is 4. The van der Waals surface area contributed by atoms with E-state index in [4.69, 9.17) is 5.11 Å². The van der Waals surface area contributed by atoms with Crippen LogP contribution >= 0.6 is 0 Å². The second-order valence-corrected chi connectivity index (χ2v) is 4.57. The zero-order valence-electron chi connectivity index (χ0n) is 10.2. The first-order chi connectivity index (χ1) is 8.22. The highest BCUT2D eigenvalue weighted by Gasteiger charge is 2.20. The number of aliphatic hydroxyl groups excluding tert-OH is 1. The summed E-state index contributed by atoms with van der Waals surface area (Å²) >= 11 is 0. The summed E-state index contributed by atoms with van der Waals surface area (Å²) in [4.78, 5) is 13.4. The van der Waals surface area contributed by atoms with E-state index in [0.29, 0.717) is 18.3 Å². The number of amides is 1. The van der Waals surface area contributed by atoms with E-state index < -0.39 is 0 Å². The van der Waals surface area contributed by atoms with E-state index in [-0.39, 0.29) is 12.5 Å². The van der Waals surface area contributed by atoms with Gasteiger partial charge in [0.25, 0.3) is 5.91 Å². The summed E-state index contributed by atoms with van der Waals surface area (Å²) < 4.78 is 1.91. The molecule has 5 heteroatoms. The van der Waals surface area contributed by atoms with Gasteiger partial charge in [-0.3, -0.25) is 9.48 Å². The van der Waals surface area contributed by atoms with Gasteiger partial charge in [-0.25, -0.2) is 0 Å². The monoisotopic (exact) mass is 237 g/mol. The van der Waals surface area contributed by atoms with Gasteiger partial charge < -0.3 is 10.0 Å². The number of hydrogen-bond donors (Lipinski definition) is 1. The van der Waals surface area contributed by atoms with Gasteiger partial charge in [0.15, 0.2) is 0 Å². The second kappa shape index (κ2) is 5.31. The van der Waals surface area contributed by atoms with Crippen LogP contribution in [0.3, 0.4) is 0 Å². The van der Waals surface area contributed by atoms with Crippen LogP contribution in [0.15, 0.2) is 12.3 Å². The highest BCUT2D eigenvalue weighted by Crippen LogP contribution is 2.28. The van der Waals surface area contributed by atoms with Crippen LogP contribution in [0.25, 0.3) is 0 Å². The average Bonchev–Trinajstić information content (AvgIpc) is 2.98. The minimum Gasteiger partial charge on any atom is -0.395 e. The van der Waals surface area contributed by atoms with Crippen molar-refractivity contribution in [3.8, 4) is 0 Å². The number of aliphatic hydroxyl groups is 1. The van der Waals surface area contributed by atoms with Gasteiger partial charge in [-0.15, -0.1) is 0 Å². The molecule has 0 bridgehead atoms. The maximum atomic E-state index is 11.9. The summed E-state index contributed by atoms with van der Waals surface area (Å²) in [6, 6.07) is 2.22. The molecule has 5 nitrogen and oxygen atoms in total. The van der Waals surface area contributed by atoms with Crippen LogP contribution < -0.4 is 0 Å². The van der Waals surface area contributed by atoms with Gasteiger partial charge in [0.1, 0.15) is 5.69 Å². The van der Waals surface area contributed by atoms with Gasteiger partial charge in [-0.1, -0.05) is 12.8 Å². The molecular weight excluding hydrogens is 218 g/mol. The topological polar surface area (TPSA) is 58.4 Å². The van der Waals surface area contributed by atoms with Crippen molar-refractivity contribution in [2.75, 3.05) is 20.2 Å². The first kappa shape index (κ1) is 12.1. The molecule has 0 saturated heterocycles. The predicted octanol–water partition coefficient (Wildman–Crippen LogP) is 1.06. The van der Waals surface area contributed by atoms with Crippen molar-refractivity contribution in [1.29, 1.82) is 0 Å². The Hall–Kier alpha value is -1.36. The SMILES string of the molecule is CN(CCO)C(=O)c1ccn(C2CCCC2)n1. The van der Waals surface area contributed by atoms with Gasteiger partial charge in [0, 0.05) is 19.8 Å². The number of likely N-dealkylation sites (N-methyl/N-ethyl adjacent to an activating group) is 1. The summed E-state index contributed by atoms with van der Waals surface area (Å²) in [7, 11) is 1.67. The van der Waals surface area contributed by atoms with Crippen LogP contribution in [0.2, 0.25) is 0 Å². The lowest BCUT2D eigenvalue weighted by molar-refractivity contribution is 0.0760. The molecule has 17 heavy (non-hydrogen) atoms. The molecule has 1 aliphatic rings. The molecule has 1 aromatic heterocycles. The normalized spacial score (nSPS) is 16.4. The molecule has 0 aromatic carbocycles. The Morgan fingerprint density at radius 2 is 2.29 bits per heavy atom. The zero-order chi connectivity index (χ0) is 12.3. The lowest BCUT2D eigenvalue weighted by atomic mass is 10.3. The van der Waals surface area contributed by atoms with Crippen molar-refractivity contribution in [1.82, 2.24) is 14.7 Å². The van der Waals surface area contributed by atoms with Crippen molar-refractivity contribution in [2.45, 2.75) is 31.7 Å². The molecule has 0 unspecified atom stereocenters. The van der Waals surface area contributed by atoms with Crippen molar-refractivity contribution in [3.63, 3.8) is 0 Å². The Morgan fingerprint density at radius 3 is 2.94 bits per heavy atom. The Morgan fingerprint density at radius 1 is 1.59 bits per heavy atom. The molecule has 94 valence electrons. The van der Waals surface area contributed by atoms with Gasteiger partial charge >= 0.3 is 0 Å². The summed E-state index contributed by atoms with van der Waals surface area (Å²) in [5.74, 6) is -0.129. The maximum absolute atomic E-state index is 11.9. The minimum atomic E-state index is -0.129. The fourth-order valence-corrected chi connectivity index (χ4v) is 2.27. The molecule has 1 heterocycles. The first-order valence-corrected chi connectivity index (χ1v) is 6.14. The molecule has 1 fully saturated rings. The third-order valence-corrected chi connectivity index (χ3v) is 3.31. The van der Waals surface area contributed by atoms with Crippen molar-refractivity contribution < 1.29 is 9.90 Å². The fourth-order valence-electron chi connectivity index (χ4n) is 2.27.